The number of benzene rings is 2. The average molecular weight is 498 g/mol. The third-order valence-electron chi connectivity index (χ3n) is 5.48. The Kier molecular flexibility index (Phi) is 7.41. The highest BCUT2D eigenvalue weighted by Gasteiger charge is 2.22. The van der Waals surface area contributed by atoms with E-state index in [0.29, 0.717) is 18.2 Å². The monoisotopic (exact) mass is 497 g/mol. The van der Waals surface area contributed by atoms with Crippen LogP contribution in [0.4, 0.5) is 11.6 Å². The Morgan fingerprint density at radius 2 is 1.97 bits per heavy atom. The maximum Gasteiger partial charge on any atom is 0.234 e. The third-order valence-corrected chi connectivity index (χ3v) is 5.48. The molecule has 2 N–H and O–H groups in total. The summed E-state index contributed by atoms with van der Waals surface area (Å²) in [6.45, 7) is 4.45. The molecule has 37 heavy (non-hydrogen) atoms. The fourth-order valence-electron chi connectivity index (χ4n) is 3.81. The lowest BCUT2D eigenvalue weighted by Crippen LogP contribution is -2.50. The van der Waals surface area contributed by atoms with Crippen molar-refractivity contribution in [1.29, 1.82) is 0 Å². The largest absolute Gasteiger partial charge is 0.491 e. The number of likely N-dealkylation sites (N-methyl/N-ethyl adjacent to an activating group) is 1. The van der Waals surface area contributed by atoms with Crippen LogP contribution in [0, 0.1) is 12.3 Å². The number of hydrogen-bond acceptors (Lipinski definition) is 7. The van der Waals surface area contributed by atoms with Gasteiger partial charge in [0.2, 0.25) is 11.9 Å². The van der Waals surface area contributed by atoms with Crippen LogP contribution in [0.3, 0.4) is 0 Å². The topological polar surface area (TPSA) is 97.2 Å². The van der Waals surface area contributed by atoms with Crippen molar-refractivity contribution in [2.24, 2.45) is 7.05 Å². The molecule has 1 amide bonds. The van der Waals surface area contributed by atoms with E-state index in [1.54, 1.807) is 17.1 Å². The molecule has 0 spiro atoms. The Hall–Kier alpha value is -4.42. The van der Waals surface area contributed by atoms with Gasteiger partial charge in [0.15, 0.2) is 0 Å². The van der Waals surface area contributed by atoms with Crippen molar-refractivity contribution in [3.8, 4) is 29.2 Å². The third kappa shape index (κ3) is 6.84. The molecule has 0 bridgehead atoms. The van der Waals surface area contributed by atoms with Crippen LogP contribution in [-0.4, -0.2) is 63.3 Å². The molecule has 0 unspecified atom stereocenters. The summed E-state index contributed by atoms with van der Waals surface area (Å²) in [6, 6.07) is 11.4. The minimum Gasteiger partial charge on any atom is -0.491 e. The fourth-order valence-corrected chi connectivity index (χ4v) is 3.81. The summed E-state index contributed by atoms with van der Waals surface area (Å²) >= 11 is 0. The van der Waals surface area contributed by atoms with Gasteiger partial charge in [-0.1, -0.05) is 5.92 Å². The van der Waals surface area contributed by atoms with Crippen molar-refractivity contribution in [3.63, 3.8) is 0 Å². The quantitative estimate of drug-likeness (QED) is 0.341. The zero-order chi connectivity index (χ0) is 26.6. The van der Waals surface area contributed by atoms with Crippen molar-refractivity contribution in [3.05, 3.63) is 60.6 Å². The second kappa shape index (κ2) is 10.7. The lowest BCUT2D eigenvalue weighted by molar-refractivity contribution is -0.123. The second-order valence-electron chi connectivity index (χ2n) is 9.84. The number of fused-ring (bicyclic) bond motifs is 1. The van der Waals surface area contributed by atoms with E-state index < -0.39 is 5.54 Å². The highest BCUT2D eigenvalue weighted by molar-refractivity contribution is 5.81. The van der Waals surface area contributed by atoms with Gasteiger partial charge < -0.3 is 20.3 Å². The summed E-state index contributed by atoms with van der Waals surface area (Å²) in [5.41, 5.74) is 3.61. The Bertz CT molecular complexity index is 1470. The van der Waals surface area contributed by atoms with Crippen LogP contribution in [-0.2, 0) is 11.8 Å². The van der Waals surface area contributed by atoms with Crippen LogP contribution in [0.15, 0.2) is 55.0 Å². The lowest BCUT2D eigenvalue weighted by atomic mass is 10.1. The Morgan fingerprint density at radius 3 is 2.68 bits per heavy atom. The molecule has 9 heteroatoms. The summed E-state index contributed by atoms with van der Waals surface area (Å²) in [4.78, 5) is 23.2. The van der Waals surface area contributed by atoms with E-state index in [2.05, 4.69) is 31.6 Å². The first-order valence-electron chi connectivity index (χ1n) is 11.8. The number of aromatic nitrogens is 4. The summed E-state index contributed by atoms with van der Waals surface area (Å²) in [5, 5.41) is 11.5. The van der Waals surface area contributed by atoms with Gasteiger partial charge in [-0.15, -0.1) is 6.42 Å². The minimum atomic E-state index is -0.566. The van der Waals surface area contributed by atoms with E-state index in [9.17, 15) is 4.79 Å². The van der Waals surface area contributed by atoms with Gasteiger partial charge in [0, 0.05) is 47.7 Å². The maximum absolute atomic E-state index is 12.3. The molecule has 2 aromatic carbocycles. The van der Waals surface area contributed by atoms with Gasteiger partial charge in [0.1, 0.15) is 12.4 Å². The standard InChI is InChI=1S/C28H31N7O2/c1-7-19-8-9-25-21(10-19)14-29-27(32-25)31-23-11-20(22-15-30-35(6)16-22)12-24(13-23)37-18-28(2,3)33-26(36)17-34(4)5/h1,8-16H,17-18H2,2-6H3,(H,33,36)(H,29,31,32). The highest BCUT2D eigenvalue weighted by atomic mass is 16.5. The Balaban J connectivity index is 1.58. The van der Waals surface area contributed by atoms with E-state index in [1.807, 2.05) is 82.5 Å². The normalized spacial score (nSPS) is 11.4. The van der Waals surface area contributed by atoms with Crippen LogP contribution in [0.1, 0.15) is 19.4 Å². The molecule has 4 rings (SSSR count). The number of aryl methyl sites for hydroxylation is 1. The fraction of sp³-hybridized carbons (Fsp3) is 0.286. The van der Waals surface area contributed by atoms with Crippen molar-refractivity contribution >= 4 is 28.4 Å². The Morgan fingerprint density at radius 1 is 1.16 bits per heavy atom. The van der Waals surface area contributed by atoms with E-state index in [1.165, 1.54) is 0 Å². The molecule has 0 aliphatic carbocycles. The number of ether oxygens (including phenoxy) is 1. The Labute approximate surface area is 216 Å². The molecule has 190 valence electrons. The molecule has 0 aliphatic heterocycles. The van der Waals surface area contributed by atoms with Gasteiger partial charge in [0.25, 0.3) is 0 Å². The molecule has 0 aliphatic rings. The lowest BCUT2D eigenvalue weighted by Gasteiger charge is -2.27. The number of hydrogen-bond donors (Lipinski definition) is 2. The first-order chi connectivity index (χ1) is 17.6. The molecule has 0 atom stereocenters. The van der Waals surface area contributed by atoms with Gasteiger partial charge in [-0.25, -0.2) is 9.97 Å². The molecule has 0 radical (unpaired) electrons. The molecular formula is C28H31N7O2. The predicted molar refractivity (Wildman–Crippen MR) is 146 cm³/mol. The van der Waals surface area contributed by atoms with E-state index in [-0.39, 0.29) is 12.5 Å². The van der Waals surface area contributed by atoms with Gasteiger partial charge in [0.05, 0.1) is 23.8 Å². The van der Waals surface area contributed by atoms with Crippen LogP contribution >= 0.6 is 0 Å². The van der Waals surface area contributed by atoms with Crippen LogP contribution in [0.2, 0.25) is 0 Å². The first kappa shape index (κ1) is 25.7. The number of rotatable bonds is 9. The van der Waals surface area contributed by atoms with Crippen LogP contribution < -0.4 is 15.4 Å². The highest BCUT2D eigenvalue weighted by Crippen LogP contribution is 2.30. The van der Waals surface area contributed by atoms with Crippen molar-refractivity contribution in [2.45, 2.75) is 19.4 Å². The molecule has 2 aromatic heterocycles. The van der Waals surface area contributed by atoms with Crippen molar-refractivity contribution < 1.29 is 9.53 Å². The van der Waals surface area contributed by atoms with Gasteiger partial charge >= 0.3 is 0 Å². The molecular weight excluding hydrogens is 466 g/mol. The molecule has 2 heterocycles. The predicted octanol–water partition coefficient (Wildman–Crippen LogP) is 3.59. The summed E-state index contributed by atoms with van der Waals surface area (Å²) in [7, 11) is 5.58. The molecule has 0 saturated carbocycles. The summed E-state index contributed by atoms with van der Waals surface area (Å²) in [5.74, 6) is 3.65. The van der Waals surface area contributed by atoms with Gasteiger partial charge in [-0.05, 0) is 63.8 Å². The number of anilines is 2. The number of carbonyl (C=O) groups excluding carboxylic acids is 1. The van der Waals surface area contributed by atoms with E-state index >= 15 is 0 Å². The van der Waals surface area contributed by atoms with E-state index in [4.69, 9.17) is 11.2 Å². The number of terminal acetylenes is 1. The molecule has 9 nitrogen and oxygen atoms in total. The molecule has 4 aromatic rings. The first-order valence-corrected chi connectivity index (χ1v) is 11.8. The molecule has 0 saturated heterocycles. The maximum atomic E-state index is 12.3. The number of nitrogens with zero attached hydrogens (tertiary/aromatic N) is 5. The average Bonchev–Trinajstić information content (AvgIpc) is 3.28. The zero-order valence-corrected chi connectivity index (χ0v) is 21.7. The smallest absolute Gasteiger partial charge is 0.234 e. The van der Waals surface area contributed by atoms with E-state index in [0.717, 1.165) is 33.3 Å². The number of nitrogens with one attached hydrogen (secondary N) is 2. The second-order valence-corrected chi connectivity index (χ2v) is 9.84. The summed E-state index contributed by atoms with van der Waals surface area (Å²) < 4.78 is 7.91. The SMILES string of the molecule is C#Cc1ccc2nc(Nc3cc(OCC(C)(C)NC(=O)CN(C)C)cc(-c4cnn(C)c4)c3)ncc2c1. The minimum absolute atomic E-state index is 0.0621. The van der Waals surface area contributed by atoms with Crippen molar-refractivity contribution in [2.75, 3.05) is 32.6 Å². The molecule has 0 fully saturated rings. The van der Waals surface area contributed by atoms with Gasteiger partial charge in [-0.3, -0.25) is 9.48 Å². The van der Waals surface area contributed by atoms with Crippen LogP contribution in [0.25, 0.3) is 22.0 Å². The summed E-state index contributed by atoms with van der Waals surface area (Å²) in [6.07, 6.45) is 11.0. The number of carbonyl (C=O) groups is 1. The van der Waals surface area contributed by atoms with Crippen LogP contribution in [0.5, 0.6) is 5.75 Å². The van der Waals surface area contributed by atoms with Crippen molar-refractivity contribution in [1.82, 2.24) is 30.0 Å². The van der Waals surface area contributed by atoms with Gasteiger partial charge in [-0.2, -0.15) is 5.10 Å². The number of amides is 1. The zero-order valence-electron chi connectivity index (χ0n) is 21.7.